The average Bonchev–Trinajstić information content (AvgIpc) is 2.96. The van der Waals surface area contributed by atoms with E-state index in [0.29, 0.717) is 5.75 Å². The van der Waals surface area contributed by atoms with E-state index in [1.165, 1.54) is 23.4 Å². The van der Waals surface area contributed by atoms with Crippen molar-refractivity contribution >= 4 is 39.5 Å². The van der Waals surface area contributed by atoms with Crippen molar-refractivity contribution in [3.63, 3.8) is 0 Å². The molecule has 3 aromatic carbocycles. The van der Waals surface area contributed by atoms with Gasteiger partial charge in [-0.05, 0) is 30.0 Å². The van der Waals surface area contributed by atoms with E-state index in [0.717, 1.165) is 22.3 Å². The molecular formula is C22H19NO2S. The number of hydrogen-bond acceptors (Lipinski definition) is 3. The molecule has 4 aromatic rings. The van der Waals surface area contributed by atoms with E-state index in [1.54, 1.807) is 11.8 Å². The van der Waals surface area contributed by atoms with Crippen molar-refractivity contribution in [1.29, 1.82) is 0 Å². The highest BCUT2D eigenvalue weighted by molar-refractivity contribution is 7.99. The van der Waals surface area contributed by atoms with E-state index >= 15 is 0 Å². The number of thioether (sulfide) groups is 1. The molecule has 0 aliphatic heterocycles. The molecule has 0 aliphatic carbocycles. The van der Waals surface area contributed by atoms with Crippen LogP contribution in [0.4, 0.5) is 0 Å². The fourth-order valence-electron chi connectivity index (χ4n) is 3.46. The standard InChI is InChI=1S/C22H19NO2S/c1-15(24)25-20-13-12-19-21(22(20)26-2)17-10-6-7-11-18(17)23(19)14-16-8-4-3-5-9-16/h3-13H,14H2,1-2H3. The van der Waals surface area contributed by atoms with Crippen molar-refractivity contribution < 1.29 is 9.53 Å². The van der Waals surface area contributed by atoms with Crippen LogP contribution in [0.2, 0.25) is 0 Å². The Labute approximate surface area is 156 Å². The molecular weight excluding hydrogens is 342 g/mol. The summed E-state index contributed by atoms with van der Waals surface area (Å²) in [7, 11) is 0. The van der Waals surface area contributed by atoms with Gasteiger partial charge >= 0.3 is 5.97 Å². The van der Waals surface area contributed by atoms with Gasteiger partial charge in [0.1, 0.15) is 5.75 Å². The zero-order valence-electron chi connectivity index (χ0n) is 14.7. The molecule has 26 heavy (non-hydrogen) atoms. The summed E-state index contributed by atoms with van der Waals surface area (Å²) in [6, 6.07) is 22.8. The predicted molar refractivity (Wildman–Crippen MR) is 108 cm³/mol. The van der Waals surface area contributed by atoms with Crippen molar-refractivity contribution in [2.45, 2.75) is 18.4 Å². The molecule has 0 saturated heterocycles. The number of ether oxygens (including phenoxy) is 1. The van der Waals surface area contributed by atoms with Gasteiger partial charge in [0.2, 0.25) is 0 Å². The maximum atomic E-state index is 11.5. The number of esters is 1. The minimum atomic E-state index is -0.298. The predicted octanol–water partition coefficient (Wildman–Crippen LogP) is 5.49. The number of hydrogen-bond donors (Lipinski definition) is 0. The molecule has 4 heteroatoms. The molecule has 130 valence electrons. The molecule has 0 bridgehead atoms. The summed E-state index contributed by atoms with van der Waals surface area (Å²) in [5.74, 6) is 0.327. The first-order valence-electron chi connectivity index (χ1n) is 8.49. The molecule has 0 spiro atoms. The third kappa shape index (κ3) is 2.86. The lowest BCUT2D eigenvalue weighted by atomic mass is 10.1. The van der Waals surface area contributed by atoms with Crippen LogP contribution in [0.5, 0.6) is 5.75 Å². The maximum Gasteiger partial charge on any atom is 0.308 e. The number of benzene rings is 3. The van der Waals surface area contributed by atoms with E-state index in [4.69, 9.17) is 4.74 Å². The van der Waals surface area contributed by atoms with Crippen LogP contribution in [0.25, 0.3) is 21.8 Å². The molecule has 0 N–H and O–H groups in total. The highest BCUT2D eigenvalue weighted by atomic mass is 32.2. The van der Waals surface area contributed by atoms with Crippen molar-refractivity contribution in [2.24, 2.45) is 0 Å². The number of carbonyl (C=O) groups is 1. The van der Waals surface area contributed by atoms with E-state index < -0.39 is 0 Å². The van der Waals surface area contributed by atoms with Crippen LogP contribution in [0.15, 0.2) is 71.6 Å². The molecule has 0 fully saturated rings. The van der Waals surface area contributed by atoms with Gasteiger partial charge in [-0.1, -0.05) is 48.5 Å². The number of fused-ring (bicyclic) bond motifs is 3. The summed E-state index contributed by atoms with van der Waals surface area (Å²) in [5.41, 5.74) is 3.59. The van der Waals surface area contributed by atoms with Crippen LogP contribution >= 0.6 is 11.8 Å². The van der Waals surface area contributed by atoms with Crippen LogP contribution in [0.1, 0.15) is 12.5 Å². The number of rotatable bonds is 4. The molecule has 0 atom stereocenters. The average molecular weight is 361 g/mol. The molecule has 0 radical (unpaired) electrons. The van der Waals surface area contributed by atoms with Gasteiger partial charge < -0.3 is 9.30 Å². The van der Waals surface area contributed by atoms with Crippen molar-refractivity contribution in [3.8, 4) is 5.75 Å². The third-order valence-electron chi connectivity index (χ3n) is 4.50. The van der Waals surface area contributed by atoms with E-state index in [1.807, 2.05) is 18.4 Å². The van der Waals surface area contributed by atoms with Crippen molar-refractivity contribution in [1.82, 2.24) is 4.57 Å². The first-order valence-corrected chi connectivity index (χ1v) is 9.72. The Bertz CT molecular complexity index is 1100. The fraction of sp³-hybridized carbons (Fsp3) is 0.136. The van der Waals surface area contributed by atoms with Crippen molar-refractivity contribution in [2.75, 3.05) is 6.26 Å². The van der Waals surface area contributed by atoms with Crippen LogP contribution in [-0.4, -0.2) is 16.8 Å². The Balaban J connectivity index is 2.01. The third-order valence-corrected chi connectivity index (χ3v) is 5.31. The second-order valence-corrected chi connectivity index (χ2v) is 6.99. The van der Waals surface area contributed by atoms with Gasteiger partial charge in [0, 0.05) is 29.8 Å². The Hall–Kier alpha value is -2.72. The zero-order chi connectivity index (χ0) is 18.1. The van der Waals surface area contributed by atoms with Crippen LogP contribution in [0.3, 0.4) is 0 Å². The molecule has 0 saturated carbocycles. The molecule has 3 nitrogen and oxygen atoms in total. The fourth-order valence-corrected chi connectivity index (χ4v) is 4.19. The van der Waals surface area contributed by atoms with E-state index in [9.17, 15) is 4.79 Å². The smallest absolute Gasteiger partial charge is 0.308 e. The van der Waals surface area contributed by atoms with Gasteiger partial charge in [-0.15, -0.1) is 11.8 Å². The number of nitrogens with zero attached hydrogens (tertiary/aromatic N) is 1. The van der Waals surface area contributed by atoms with Crippen molar-refractivity contribution in [3.05, 3.63) is 72.3 Å². The number of para-hydroxylation sites is 1. The topological polar surface area (TPSA) is 31.2 Å². The summed E-state index contributed by atoms with van der Waals surface area (Å²) in [6.45, 7) is 2.23. The van der Waals surface area contributed by atoms with Crippen LogP contribution < -0.4 is 4.74 Å². The molecule has 1 heterocycles. The number of aromatic nitrogens is 1. The lowest BCUT2D eigenvalue weighted by molar-refractivity contribution is -0.132. The molecule has 4 rings (SSSR count). The highest BCUT2D eigenvalue weighted by Gasteiger charge is 2.18. The molecule has 0 unspecified atom stereocenters. The maximum absolute atomic E-state index is 11.5. The zero-order valence-corrected chi connectivity index (χ0v) is 15.5. The Morgan fingerprint density at radius 1 is 0.962 bits per heavy atom. The van der Waals surface area contributed by atoms with Crippen LogP contribution in [-0.2, 0) is 11.3 Å². The Morgan fingerprint density at radius 3 is 2.42 bits per heavy atom. The van der Waals surface area contributed by atoms with Gasteiger partial charge in [0.05, 0.1) is 10.4 Å². The van der Waals surface area contributed by atoms with E-state index in [2.05, 4.69) is 59.2 Å². The van der Waals surface area contributed by atoms with Gasteiger partial charge in [0.25, 0.3) is 0 Å². The summed E-state index contributed by atoms with van der Waals surface area (Å²) >= 11 is 1.61. The van der Waals surface area contributed by atoms with Gasteiger partial charge in [-0.25, -0.2) is 0 Å². The summed E-state index contributed by atoms with van der Waals surface area (Å²) in [5, 5.41) is 2.32. The Kier molecular flexibility index (Phi) is 4.43. The van der Waals surface area contributed by atoms with Gasteiger partial charge in [0.15, 0.2) is 0 Å². The summed E-state index contributed by atoms with van der Waals surface area (Å²) < 4.78 is 7.78. The number of carbonyl (C=O) groups excluding carboxylic acids is 1. The first kappa shape index (κ1) is 16.7. The second kappa shape index (κ2) is 6.89. The minimum Gasteiger partial charge on any atom is -0.426 e. The first-order chi connectivity index (χ1) is 12.7. The van der Waals surface area contributed by atoms with Crippen LogP contribution in [0, 0.1) is 0 Å². The molecule has 0 aliphatic rings. The van der Waals surface area contributed by atoms with E-state index in [-0.39, 0.29) is 5.97 Å². The monoisotopic (exact) mass is 361 g/mol. The van der Waals surface area contributed by atoms with Gasteiger partial charge in [-0.2, -0.15) is 0 Å². The largest absolute Gasteiger partial charge is 0.426 e. The normalized spacial score (nSPS) is 11.2. The summed E-state index contributed by atoms with van der Waals surface area (Å²) in [4.78, 5) is 12.5. The Morgan fingerprint density at radius 2 is 1.69 bits per heavy atom. The van der Waals surface area contributed by atoms with Gasteiger partial charge in [-0.3, -0.25) is 4.79 Å². The minimum absolute atomic E-state index is 0.298. The lowest BCUT2D eigenvalue weighted by Crippen LogP contribution is -2.03. The SMILES string of the molecule is CSc1c(OC(C)=O)ccc2c1c1ccccc1n2Cc1ccccc1. The molecule has 1 aromatic heterocycles. The quantitative estimate of drug-likeness (QED) is 0.274. The lowest BCUT2D eigenvalue weighted by Gasteiger charge is -2.11. The summed E-state index contributed by atoms with van der Waals surface area (Å²) in [6.07, 6.45) is 2.02. The second-order valence-electron chi connectivity index (χ2n) is 6.17. The highest BCUT2D eigenvalue weighted by Crippen LogP contribution is 2.41. The molecule has 0 amide bonds.